The second-order valence-corrected chi connectivity index (χ2v) is 10.1. The van der Waals surface area contributed by atoms with E-state index in [0.717, 1.165) is 10.6 Å². The molecule has 3 rings (SSSR count). The van der Waals surface area contributed by atoms with E-state index in [2.05, 4.69) is 0 Å². The van der Waals surface area contributed by atoms with Gasteiger partial charge in [0.15, 0.2) is 9.84 Å². The summed E-state index contributed by atoms with van der Waals surface area (Å²) in [5.41, 5.74) is 1.18. The average Bonchev–Trinajstić information content (AvgIpc) is 2.97. The minimum atomic E-state index is -3.96. The van der Waals surface area contributed by atoms with Gasteiger partial charge in [-0.1, -0.05) is 18.2 Å². The average molecular weight is 396 g/mol. The molecule has 0 saturated heterocycles. The number of hydrogen-bond donors (Lipinski definition) is 0. The molecule has 10 heteroatoms. The van der Waals surface area contributed by atoms with Crippen LogP contribution in [-0.4, -0.2) is 34.6 Å². The predicted octanol–water partition coefficient (Wildman–Crippen LogP) is 1.89. The molecular formula is C16H16N2O6S2. The monoisotopic (exact) mass is 396 g/mol. The van der Waals surface area contributed by atoms with Gasteiger partial charge in [0.2, 0.25) is 0 Å². The van der Waals surface area contributed by atoms with Gasteiger partial charge in [0, 0.05) is 24.9 Å². The van der Waals surface area contributed by atoms with E-state index in [0.29, 0.717) is 17.5 Å². The number of rotatable bonds is 5. The standard InChI is InChI=1S/C16H16N2O6S2/c1-25(21,22)11-12-3-2-4-15(9-12)26(23,24)17-8-7-13-5-6-14(18(19)20)10-16(13)17/h2-6,9-10H,7-8,11H2,1H3. The fourth-order valence-corrected chi connectivity index (χ4v) is 5.28. The van der Waals surface area contributed by atoms with Gasteiger partial charge in [-0.2, -0.15) is 0 Å². The van der Waals surface area contributed by atoms with Crippen molar-refractivity contribution in [1.29, 1.82) is 0 Å². The van der Waals surface area contributed by atoms with Crippen LogP contribution in [0.15, 0.2) is 47.4 Å². The summed E-state index contributed by atoms with van der Waals surface area (Å²) in [4.78, 5) is 10.4. The quantitative estimate of drug-likeness (QED) is 0.563. The van der Waals surface area contributed by atoms with Gasteiger partial charge in [-0.25, -0.2) is 16.8 Å². The Bertz CT molecular complexity index is 1090. The van der Waals surface area contributed by atoms with E-state index in [9.17, 15) is 26.9 Å². The van der Waals surface area contributed by atoms with Crippen molar-refractivity contribution in [2.45, 2.75) is 17.1 Å². The van der Waals surface area contributed by atoms with Crippen molar-refractivity contribution in [3.63, 3.8) is 0 Å². The first-order chi connectivity index (χ1) is 12.1. The Morgan fingerprint density at radius 3 is 2.50 bits per heavy atom. The first kappa shape index (κ1) is 18.3. The first-order valence-corrected chi connectivity index (χ1v) is 11.1. The molecule has 0 N–H and O–H groups in total. The number of nitrogens with zero attached hydrogens (tertiary/aromatic N) is 2. The molecule has 1 aliphatic heterocycles. The fraction of sp³-hybridized carbons (Fsp3) is 0.250. The number of nitro groups is 1. The fourth-order valence-electron chi connectivity index (χ4n) is 2.93. The van der Waals surface area contributed by atoms with Crippen molar-refractivity contribution in [2.24, 2.45) is 0 Å². The maximum atomic E-state index is 13.0. The molecule has 0 unspecified atom stereocenters. The summed E-state index contributed by atoms with van der Waals surface area (Å²) in [7, 11) is -7.26. The third-order valence-corrected chi connectivity index (χ3v) is 6.71. The Morgan fingerprint density at radius 2 is 1.85 bits per heavy atom. The smallest absolute Gasteiger partial charge is 0.265 e. The maximum absolute atomic E-state index is 13.0. The molecule has 0 aromatic heterocycles. The molecule has 0 fully saturated rings. The van der Waals surface area contributed by atoms with E-state index in [1.807, 2.05) is 0 Å². The Morgan fingerprint density at radius 1 is 1.12 bits per heavy atom. The SMILES string of the molecule is CS(=O)(=O)Cc1cccc(S(=O)(=O)N2CCc3ccc([N+](=O)[O-])cc32)c1. The molecule has 8 nitrogen and oxygen atoms in total. The van der Waals surface area contributed by atoms with E-state index in [1.54, 1.807) is 12.1 Å². The zero-order valence-corrected chi connectivity index (χ0v) is 15.5. The summed E-state index contributed by atoms with van der Waals surface area (Å²) in [6, 6.07) is 9.90. The molecule has 0 bridgehead atoms. The van der Waals surface area contributed by atoms with Gasteiger partial charge in [-0.05, 0) is 29.7 Å². The number of non-ortho nitro benzene ring substituents is 1. The lowest BCUT2D eigenvalue weighted by Gasteiger charge is -2.19. The zero-order chi connectivity index (χ0) is 19.1. The minimum Gasteiger partial charge on any atom is -0.265 e. The molecule has 0 aliphatic carbocycles. The van der Waals surface area contributed by atoms with Crippen molar-refractivity contribution in [1.82, 2.24) is 0 Å². The van der Waals surface area contributed by atoms with Crippen molar-refractivity contribution in [3.05, 3.63) is 63.7 Å². The van der Waals surface area contributed by atoms with Crippen LogP contribution in [0.2, 0.25) is 0 Å². The lowest BCUT2D eigenvalue weighted by molar-refractivity contribution is -0.384. The molecule has 1 aliphatic rings. The van der Waals surface area contributed by atoms with Gasteiger partial charge in [0.25, 0.3) is 15.7 Å². The highest BCUT2D eigenvalue weighted by Crippen LogP contribution is 2.35. The molecular weight excluding hydrogens is 380 g/mol. The van der Waals surface area contributed by atoms with Crippen molar-refractivity contribution in [2.75, 3.05) is 17.1 Å². The Kier molecular flexibility index (Phi) is 4.49. The molecule has 0 spiro atoms. The molecule has 0 amide bonds. The normalized spacial score (nSPS) is 14.3. The summed E-state index contributed by atoms with van der Waals surface area (Å²) < 4.78 is 50.1. The van der Waals surface area contributed by atoms with Crippen LogP contribution in [0.3, 0.4) is 0 Å². The van der Waals surface area contributed by atoms with Crippen LogP contribution >= 0.6 is 0 Å². The second kappa shape index (κ2) is 6.36. The summed E-state index contributed by atoms with van der Waals surface area (Å²) in [5.74, 6) is -0.265. The topological polar surface area (TPSA) is 115 Å². The van der Waals surface area contributed by atoms with Crippen LogP contribution in [0.25, 0.3) is 0 Å². The van der Waals surface area contributed by atoms with Crippen molar-refractivity contribution in [3.8, 4) is 0 Å². The van der Waals surface area contributed by atoms with Gasteiger partial charge < -0.3 is 0 Å². The highest BCUT2D eigenvalue weighted by atomic mass is 32.2. The van der Waals surface area contributed by atoms with Gasteiger partial charge in [0.05, 0.1) is 21.3 Å². The largest absolute Gasteiger partial charge is 0.271 e. The van der Waals surface area contributed by atoms with Crippen LogP contribution in [-0.2, 0) is 32.0 Å². The number of fused-ring (bicyclic) bond motifs is 1. The van der Waals surface area contributed by atoms with Crippen LogP contribution in [0.1, 0.15) is 11.1 Å². The van der Waals surface area contributed by atoms with Crippen LogP contribution in [0.5, 0.6) is 0 Å². The van der Waals surface area contributed by atoms with E-state index in [-0.39, 0.29) is 28.6 Å². The second-order valence-electron chi connectivity index (χ2n) is 6.11. The summed E-state index contributed by atoms with van der Waals surface area (Å²) in [6.07, 6.45) is 1.53. The first-order valence-electron chi connectivity index (χ1n) is 7.65. The highest BCUT2D eigenvalue weighted by Gasteiger charge is 2.32. The lowest BCUT2D eigenvalue weighted by Crippen LogP contribution is -2.29. The summed E-state index contributed by atoms with van der Waals surface area (Å²) in [6.45, 7) is 0.176. The van der Waals surface area contributed by atoms with Crippen LogP contribution < -0.4 is 4.31 Å². The highest BCUT2D eigenvalue weighted by molar-refractivity contribution is 7.93. The Hall–Kier alpha value is -2.46. The van der Waals surface area contributed by atoms with Gasteiger partial charge in [-0.3, -0.25) is 14.4 Å². The molecule has 26 heavy (non-hydrogen) atoms. The third kappa shape index (κ3) is 3.56. The molecule has 2 aromatic rings. The third-order valence-electron chi connectivity index (χ3n) is 4.05. The van der Waals surface area contributed by atoms with Gasteiger partial charge in [0.1, 0.15) is 0 Å². The molecule has 0 atom stereocenters. The Balaban J connectivity index is 2.02. The molecule has 0 radical (unpaired) electrons. The number of sulfone groups is 1. The van der Waals surface area contributed by atoms with Crippen molar-refractivity contribution < 1.29 is 21.8 Å². The summed E-state index contributed by atoms with van der Waals surface area (Å²) >= 11 is 0. The maximum Gasteiger partial charge on any atom is 0.271 e. The Labute approximate surface area is 151 Å². The molecule has 138 valence electrons. The van der Waals surface area contributed by atoms with Gasteiger partial charge in [-0.15, -0.1) is 0 Å². The van der Waals surface area contributed by atoms with E-state index in [4.69, 9.17) is 0 Å². The molecule has 1 heterocycles. The molecule has 0 saturated carbocycles. The summed E-state index contributed by atoms with van der Waals surface area (Å²) in [5, 5.41) is 11.0. The number of benzene rings is 2. The van der Waals surface area contributed by atoms with Crippen LogP contribution in [0.4, 0.5) is 11.4 Å². The van der Waals surface area contributed by atoms with E-state index in [1.165, 1.54) is 30.3 Å². The number of sulfonamides is 1. The number of hydrogen-bond acceptors (Lipinski definition) is 6. The number of nitro benzene ring substituents is 1. The van der Waals surface area contributed by atoms with E-state index >= 15 is 0 Å². The minimum absolute atomic E-state index is 0.0435. The lowest BCUT2D eigenvalue weighted by atomic mass is 10.1. The van der Waals surface area contributed by atoms with Crippen LogP contribution in [0, 0.1) is 10.1 Å². The predicted molar refractivity (Wildman–Crippen MR) is 96.3 cm³/mol. The van der Waals surface area contributed by atoms with E-state index < -0.39 is 24.8 Å². The zero-order valence-electron chi connectivity index (χ0n) is 13.8. The number of anilines is 1. The van der Waals surface area contributed by atoms with Crippen molar-refractivity contribution >= 4 is 31.2 Å². The van der Waals surface area contributed by atoms with Gasteiger partial charge >= 0.3 is 0 Å². The molecule has 2 aromatic carbocycles.